The molecule has 0 amide bonds. The Balaban J connectivity index is 1.50. The van der Waals surface area contributed by atoms with Gasteiger partial charge in [0, 0.05) is 18.0 Å². The number of thiol groups is 1. The average Bonchev–Trinajstić information content (AvgIpc) is 3.39. The summed E-state index contributed by atoms with van der Waals surface area (Å²) in [4.78, 5) is 3.35. The molecule has 0 spiro atoms. The topological polar surface area (TPSA) is 12.5 Å². The summed E-state index contributed by atoms with van der Waals surface area (Å²) in [5, 5.41) is 0. The third-order valence-corrected chi connectivity index (χ3v) is 4.66. The first-order valence-corrected chi connectivity index (χ1v) is 8.83. The van der Waals surface area contributed by atoms with Gasteiger partial charge in [0.2, 0.25) is 0 Å². The number of hydrogen-bond donors (Lipinski definition) is 1. The predicted molar refractivity (Wildman–Crippen MR) is 98.2 cm³/mol. The first kappa shape index (κ1) is 16.4. The molecule has 23 heavy (non-hydrogen) atoms. The van der Waals surface area contributed by atoms with Gasteiger partial charge in [0.1, 0.15) is 11.9 Å². The first-order chi connectivity index (χ1) is 11.2. The highest BCUT2D eigenvalue weighted by Crippen LogP contribution is 2.36. The van der Waals surface area contributed by atoms with Gasteiger partial charge in [-0.15, -0.1) is 12.6 Å². The van der Waals surface area contributed by atoms with E-state index in [1.807, 2.05) is 24.3 Å². The molecule has 1 aliphatic carbocycles. The van der Waals surface area contributed by atoms with Crippen LogP contribution in [0.1, 0.15) is 24.8 Å². The maximum atomic E-state index is 6.23. The Bertz CT molecular complexity index is 595. The van der Waals surface area contributed by atoms with Crippen LogP contribution in [0.5, 0.6) is 5.75 Å². The predicted octanol–water partition coefficient (Wildman–Crippen LogP) is 4.65. The van der Waals surface area contributed by atoms with Gasteiger partial charge in [-0.25, -0.2) is 0 Å². The standard InChI is InChI=1S/C20H25NOS/c1-21(15-16-5-3-2-4-6-16)14-13-20(17-7-8-17)22-18-9-11-19(23)12-10-18/h2-6,9-12,17,20,23H,7-8,13-15H2,1H3. The lowest BCUT2D eigenvalue weighted by Crippen LogP contribution is -2.27. The van der Waals surface area contributed by atoms with Crippen LogP contribution in [0.25, 0.3) is 0 Å². The zero-order valence-corrected chi connectivity index (χ0v) is 14.6. The van der Waals surface area contributed by atoms with E-state index in [0.29, 0.717) is 6.10 Å². The van der Waals surface area contributed by atoms with E-state index in [9.17, 15) is 0 Å². The second-order valence-corrected chi connectivity index (χ2v) is 7.02. The molecule has 3 heteroatoms. The van der Waals surface area contributed by atoms with E-state index in [1.54, 1.807) is 0 Å². The molecule has 1 atom stereocenters. The maximum absolute atomic E-state index is 6.23. The molecule has 0 radical (unpaired) electrons. The fourth-order valence-corrected chi connectivity index (χ4v) is 3.03. The number of ether oxygens (including phenoxy) is 1. The molecule has 1 unspecified atom stereocenters. The minimum absolute atomic E-state index is 0.332. The van der Waals surface area contributed by atoms with Crippen LogP contribution >= 0.6 is 12.6 Å². The van der Waals surface area contributed by atoms with Gasteiger partial charge in [0.15, 0.2) is 0 Å². The van der Waals surface area contributed by atoms with Crippen LogP contribution in [-0.2, 0) is 6.54 Å². The normalized spacial score (nSPS) is 15.6. The van der Waals surface area contributed by atoms with E-state index in [4.69, 9.17) is 4.74 Å². The van der Waals surface area contributed by atoms with E-state index in [0.717, 1.165) is 36.1 Å². The summed E-state index contributed by atoms with van der Waals surface area (Å²) in [5.74, 6) is 1.70. The summed E-state index contributed by atoms with van der Waals surface area (Å²) in [6.45, 7) is 2.05. The summed E-state index contributed by atoms with van der Waals surface area (Å²) < 4.78 is 6.23. The van der Waals surface area contributed by atoms with E-state index in [2.05, 4.69) is 54.9 Å². The second kappa shape index (κ2) is 7.89. The van der Waals surface area contributed by atoms with Crippen LogP contribution in [0.4, 0.5) is 0 Å². The Kier molecular flexibility index (Phi) is 5.63. The molecule has 3 rings (SSSR count). The Morgan fingerprint density at radius 3 is 2.43 bits per heavy atom. The molecule has 1 aliphatic rings. The first-order valence-electron chi connectivity index (χ1n) is 8.39. The molecule has 122 valence electrons. The van der Waals surface area contributed by atoms with Crippen LogP contribution in [-0.4, -0.2) is 24.6 Å². The van der Waals surface area contributed by atoms with Crippen molar-refractivity contribution in [3.05, 3.63) is 60.2 Å². The lowest BCUT2D eigenvalue weighted by atomic mass is 10.1. The van der Waals surface area contributed by atoms with Gasteiger partial charge < -0.3 is 9.64 Å². The Morgan fingerprint density at radius 2 is 1.78 bits per heavy atom. The van der Waals surface area contributed by atoms with Crippen molar-refractivity contribution in [3.63, 3.8) is 0 Å². The monoisotopic (exact) mass is 327 g/mol. The summed E-state index contributed by atoms with van der Waals surface area (Å²) in [6.07, 6.45) is 4.02. The van der Waals surface area contributed by atoms with Crippen molar-refractivity contribution in [2.75, 3.05) is 13.6 Å². The zero-order chi connectivity index (χ0) is 16.1. The minimum Gasteiger partial charge on any atom is -0.490 e. The van der Waals surface area contributed by atoms with Crippen LogP contribution in [0.15, 0.2) is 59.5 Å². The fourth-order valence-electron chi connectivity index (χ4n) is 2.88. The summed E-state index contributed by atoms with van der Waals surface area (Å²) in [5.41, 5.74) is 1.36. The smallest absolute Gasteiger partial charge is 0.119 e. The third kappa shape index (κ3) is 5.29. The lowest BCUT2D eigenvalue weighted by Gasteiger charge is -2.23. The van der Waals surface area contributed by atoms with Crippen molar-refractivity contribution in [3.8, 4) is 5.75 Å². The van der Waals surface area contributed by atoms with Crippen LogP contribution in [0, 0.1) is 5.92 Å². The lowest BCUT2D eigenvalue weighted by molar-refractivity contribution is 0.149. The second-order valence-electron chi connectivity index (χ2n) is 6.50. The zero-order valence-electron chi connectivity index (χ0n) is 13.7. The molecular formula is C20H25NOS. The Morgan fingerprint density at radius 1 is 1.09 bits per heavy atom. The van der Waals surface area contributed by atoms with Crippen molar-refractivity contribution in [2.45, 2.75) is 36.8 Å². The molecule has 0 N–H and O–H groups in total. The number of rotatable bonds is 8. The van der Waals surface area contributed by atoms with Crippen LogP contribution in [0.3, 0.4) is 0 Å². The van der Waals surface area contributed by atoms with Gasteiger partial charge in [-0.3, -0.25) is 0 Å². The van der Waals surface area contributed by atoms with Gasteiger partial charge in [0.25, 0.3) is 0 Å². The third-order valence-electron chi connectivity index (χ3n) is 4.36. The molecule has 2 nitrogen and oxygen atoms in total. The minimum atomic E-state index is 0.332. The molecule has 1 saturated carbocycles. The summed E-state index contributed by atoms with van der Waals surface area (Å²) in [6, 6.07) is 18.7. The van der Waals surface area contributed by atoms with E-state index in [1.165, 1.54) is 18.4 Å². The van der Waals surface area contributed by atoms with Gasteiger partial charge in [-0.2, -0.15) is 0 Å². The highest BCUT2D eigenvalue weighted by molar-refractivity contribution is 7.80. The molecular weight excluding hydrogens is 302 g/mol. The van der Waals surface area contributed by atoms with Crippen molar-refractivity contribution >= 4 is 12.6 Å². The number of hydrogen-bond acceptors (Lipinski definition) is 3. The quantitative estimate of drug-likeness (QED) is 0.708. The average molecular weight is 327 g/mol. The largest absolute Gasteiger partial charge is 0.490 e. The molecule has 2 aromatic carbocycles. The van der Waals surface area contributed by atoms with Crippen LogP contribution in [0.2, 0.25) is 0 Å². The highest BCUT2D eigenvalue weighted by Gasteiger charge is 2.32. The summed E-state index contributed by atoms with van der Waals surface area (Å²) in [7, 11) is 2.19. The highest BCUT2D eigenvalue weighted by atomic mass is 32.1. The van der Waals surface area contributed by atoms with E-state index >= 15 is 0 Å². The van der Waals surface area contributed by atoms with Crippen molar-refractivity contribution in [1.29, 1.82) is 0 Å². The van der Waals surface area contributed by atoms with Gasteiger partial charge in [-0.1, -0.05) is 30.3 Å². The van der Waals surface area contributed by atoms with E-state index in [-0.39, 0.29) is 0 Å². The molecule has 0 aromatic heterocycles. The molecule has 2 aromatic rings. The Hall–Kier alpha value is -1.45. The van der Waals surface area contributed by atoms with Gasteiger partial charge >= 0.3 is 0 Å². The van der Waals surface area contributed by atoms with Gasteiger partial charge in [-0.05, 0) is 62.1 Å². The molecule has 1 fully saturated rings. The Labute approximate surface area is 144 Å². The number of nitrogens with zero attached hydrogens (tertiary/aromatic N) is 1. The van der Waals surface area contributed by atoms with Gasteiger partial charge in [0.05, 0.1) is 0 Å². The fraction of sp³-hybridized carbons (Fsp3) is 0.400. The van der Waals surface area contributed by atoms with Crippen molar-refractivity contribution < 1.29 is 4.74 Å². The number of benzene rings is 2. The summed E-state index contributed by atoms with van der Waals surface area (Å²) >= 11 is 4.33. The van der Waals surface area contributed by atoms with Crippen molar-refractivity contribution in [2.24, 2.45) is 5.92 Å². The van der Waals surface area contributed by atoms with Crippen LogP contribution < -0.4 is 4.74 Å². The van der Waals surface area contributed by atoms with Crippen molar-refractivity contribution in [1.82, 2.24) is 4.90 Å². The molecule has 0 saturated heterocycles. The molecule has 0 aliphatic heterocycles. The SMILES string of the molecule is CN(CCC(Oc1ccc(S)cc1)C1CC1)Cc1ccccc1. The van der Waals surface area contributed by atoms with E-state index < -0.39 is 0 Å². The maximum Gasteiger partial charge on any atom is 0.119 e. The molecule has 0 bridgehead atoms. The molecule has 0 heterocycles.